The lowest BCUT2D eigenvalue weighted by Gasteiger charge is -2.12. The standard InChI is InChI=1S/C19H21NO4/c1-2-23-19(22)11-17(21)15-8-9-18(16(10-15)12-20)24-13-14-6-4-3-5-7-14/h3-10H,2,11-13,20H2,1H3. The number of carbonyl (C=O) groups excluding carboxylic acids is 2. The summed E-state index contributed by atoms with van der Waals surface area (Å²) in [7, 11) is 0. The van der Waals surface area contributed by atoms with E-state index < -0.39 is 5.97 Å². The molecule has 0 atom stereocenters. The zero-order valence-corrected chi connectivity index (χ0v) is 13.7. The van der Waals surface area contributed by atoms with Gasteiger partial charge in [0.2, 0.25) is 0 Å². The van der Waals surface area contributed by atoms with E-state index in [4.69, 9.17) is 15.2 Å². The molecule has 0 spiro atoms. The molecule has 0 aliphatic heterocycles. The largest absolute Gasteiger partial charge is 0.489 e. The Labute approximate surface area is 141 Å². The van der Waals surface area contributed by atoms with Crippen molar-refractivity contribution in [1.82, 2.24) is 0 Å². The fraction of sp³-hybridized carbons (Fsp3) is 0.263. The van der Waals surface area contributed by atoms with Gasteiger partial charge in [0.05, 0.1) is 6.61 Å². The van der Waals surface area contributed by atoms with E-state index in [0.29, 0.717) is 17.9 Å². The number of Topliss-reactive ketones (excluding diaryl/α,β-unsaturated/α-hetero) is 1. The van der Waals surface area contributed by atoms with Crippen molar-refractivity contribution in [3.8, 4) is 5.75 Å². The van der Waals surface area contributed by atoms with Crippen LogP contribution in [0.5, 0.6) is 5.75 Å². The monoisotopic (exact) mass is 327 g/mol. The zero-order valence-electron chi connectivity index (χ0n) is 13.7. The van der Waals surface area contributed by atoms with Crippen LogP contribution in [0.15, 0.2) is 48.5 Å². The molecule has 0 unspecified atom stereocenters. The van der Waals surface area contributed by atoms with E-state index in [9.17, 15) is 9.59 Å². The first-order valence-corrected chi connectivity index (χ1v) is 7.82. The van der Waals surface area contributed by atoms with Gasteiger partial charge in [0, 0.05) is 17.7 Å². The summed E-state index contributed by atoms with van der Waals surface area (Å²) < 4.78 is 10.6. The number of hydrogen-bond donors (Lipinski definition) is 1. The van der Waals surface area contributed by atoms with Gasteiger partial charge in [-0.1, -0.05) is 30.3 Å². The maximum Gasteiger partial charge on any atom is 0.313 e. The molecule has 5 heteroatoms. The normalized spacial score (nSPS) is 10.2. The van der Waals surface area contributed by atoms with E-state index >= 15 is 0 Å². The quantitative estimate of drug-likeness (QED) is 0.458. The van der Waals surface area contributed by atoms with Gasteiger partial charge < -0.3 is 15.2 Å². The third-order valence-electron chi connectivity index (χ3n) is 3.45. The van der Waals surface area contributed by atoms with Gasteiger partial charge in [0.1, 0.15) is 18.8 Å². The van der Waals surface area contributed by atoms with E-state index in [1.165, 1.54) is 0 Å². The molecule has 2 N–H and O–H groups in total. The molecule has 0 fully saturated rings. The minimum absolute atomic E-state index is 0.241. The van der Waals surface area contributed by atoms with Crippen molar-refractivity contribution in [1.29, 1.82) is 0 Å². The van der Waals surface area contributed by atoms with Crippen LogP contribution in [-0.4, -0.2) is 18.4 Å². The van der Waals surface area contributed by atoms with Crippen molar-refractivity contribution >= 4 is 11.8 Å². The Bertz CT molecular complexity index is 698. The van der Waals surface area contributed by atoms with Crippen LogP contribution in [0.3, 0.4) is 0 Å². The molecule has 24 heavy (non-hydrogen) atoms. The van der Waals surface area contributed by atoms with E-state index in [0.717, 1.165) is 11.1 Å². The molecule has 0 saturated carbocycles. The number of nitrogens with two attached hydrogens (primary N) is 1. The summed E-state index contributed by atoms with van der Waals surface area (Å²) >= 11 is 0. The predicted molar refractivity (Wildman–Crippen MR) is 90.7 cm³/mol. The van der Waals surface area contributed by atoms with Gasteiger partial charge in [-0.25, -0.2) is 0 Å². The Balaban J connectivity index is 2.06. The number of hydrogen-bond acceptors (Lipinski definition) is 5. The number of ether oxygens (including phenoxy) is 2. The third-order valence-corrected chi connectivity index (χ3v) is 3.45. The predicted octanol–water partition coefficient (Wildman–Crippen LogP) is 2.86. The summed E-state index contributed by atoms with van der Waals surface area (Å²) in [4.78, 5) is 23.5. The fourth-order valence-corrected chi connectivity index (χ4v) is 2.23. The van der Waals surface area contributed by atoms with Crippen LogP contribution in [0.1, 0.15) is 34.8 Å². The summed E-state index contributed by atoms with van der Waals surface area (Å²) in [5, 5.41) is 0. The molecular weight excluding hydrogens is 306 g/mol. The van der Waals surface area contributed by atoms with Crippen molar-refractivity contribution in [3.05, 3.63) is 65.2 Å². The number of rotatable bonds is 8. The van der Waals surface area contributed by atoms with Crippen LogP contribution in [-0.2, 0) is 22.7 Å². The molecule has 2 rings (SSSR count). The molecule has 5 nitrogen and oxygen atoms in total. The molecule has 0 radical (unpaired) electrons. The highest BCUT2D eigenvalue weighted by Crippen LogP contribution is 2.22. The molecule has 0 heterocycles. The van der Waals surface area contributed by atoms with Crippen molar-refractivity contribution in [3.63, 3.8) is 0 Å². The average Bonchev–Trinajstić information content (AvgIpc) is 2.60. The van der Waals surface area contributed by atoms with Crippen LogP contribution < -0.4 is 10.5 Å². The second-order valence-electron chi connectivity index (χ2n) is 5.21. The zero-order chi connectivity index (χ0) is 17.4. The van der Waals surface area contributed by atoms with Gasteiger partial charge in [0.15, 0.2) is 5.78 Å². The summed E-state index contributed by atoms with van der Waals surface area (Å²) in [5.74, 6) is -0.187. The highest BCUT2D eigenvalue weighted by Gasteiger charge is 2.14. The number of benzene rings is 2. The van der Waals surface area contributed by atoms with E-state index in [2.05, 4.69) is 0 Å². The maximum atomic E-state index is 12.1. The molecule has 126 valence electrons. The third kappa shape index (κ3) is 4.93. The van der Waals surface area contributed by atoms with Crippen molar-refractivity contribution < 1.29 is 19.1 Å². The molecule has 0 aromatic heterocycles. The molecule has 0 aliphatic rings. The SMILES string of the molecule is CCOC(=O)CC(=O)c1ccc(OCc2ccccc2)c(CN)c1. The molecule has 0 aliphatic carbocycles. The highest BCUT2D eigenvalue weighted by molar-refractivity contribution is 6.06. The number of carbonyl (C=O) groups is 2. The van der Waals surface area contributed by atoms with E-state index in [1.807, 2.05) is 30.3 Å². The lowest BCUT2D eigenvalue weighted by molar-refractivity contribution is -0.141. The molecule has 2 aromatic carbocycles. The Hall–Kier alpha value is -2.66. The summed E-state index contributed by atoms with van der Waals surface area (Å²) in [6.45, 7) is 2.62. The van der Waals surface area contributed by atoms with E-state index in [-0.39, 0.29) is 25.4 Å². The van der Waals surface area contributed by atoms with Crippen LogP contribution in [0, 0.1) is 0 Å². The summed E-state index contributed by atoms with van der Waals surface area (Å²) in [5.41, 5.74) is 7.95. The van der Waals surface area contributed by atoms with Gasteiger partial charge in [-0.3, -0.25) is 9.59 Å². The van der Waals surface area contributed by atoms with Gasteiger partial charge >= 0.3 is 5.97 Å². The minimum Gasteiger partial charge on any atom is -0.489 e. The van der Waals surface area contributed by atoms with Gasteiger partial charge in [0.25, 0.3) is 0 Å². The molecule has 0 amide bonds. The molecule has 0 saturated heterocycles. The first kappa shape index (κ1) is 17.7. The topological polar surface area (TPSA) is 78.6 Å². The van der Waals surface area contributed by atoms with Crippen LogP contribution >= 0.6 is 0 Å². The van der Waals surface area contributed by atoms with Crippen LogP contribution in [0.2, 0.25) is 0 Å². The van der Waals surface area contributed by atoms with Crippen molar-refractivity contribution in [2.45, 2.75) is 26.5 Å². The number of esters is 1. The Morgan fingerprint density at radius 1 is 1.08 bits per heavy atom. The van der Waals surface area contributed by atoms with Gasteiger partial charge in [-0.05, 0) is 30.7 Å². The molecular formula is C19H21NO4. The second-order valence-corrected chi connectivity index (χ2v) is 5.21. The fourth-order valence-electron chi connectivity index (χ4n) is 2.23. The smallest absolute Gasteiger partial charge is 0.313 e. The molecule has 0 bridgehead atoms. The summed E-state index contributed by atoms with van der Waals surface area (Å²) in [6.07, 6.45) is -0.276. The second kappa shape index (κ2) is 8.84. The van der Waals surface area contributed by atoms with Crippen molar-refractivity contribution in [2.24, 2.45) is 5.73 Å². The van der Waals surface area contributed by atoms with Crippen LogP contribution in [0.4, 0.5) is 0 Å². The highest BCUT2D eigenvalue weighted by atomic mass is 16.5. The van der Waals surface area contributed by atoms with Crippen LogP contribution in [0.25, 0.3) is 0 Å². The van der Waals surface area contributed by atoms with Gasteiger partial charge in [-0.2, -0.15) is 0 Å². The maximum absolute atomic E-state index is 12.1. The molecule has 2 aromatic rings. The van der Waals surface area contributed by atoms with Crippen molar-refractivity contribution in [2.75, 3.05) is 6.61 Å². The Morgan fingerprint density at radius 2 is 1.83 bits per heavy atom. The first-order chi connectivity index (χ1) is 11.6. The average molecular weight is 327 g/mol. The minimum atomic E-state index is -0.527. The lowest BCUT2D eigenvalue weighted by atomic mass is 10.0. The Morgan fingerprint density at radius 3 is 2.50 bits per heavy atom. The lowest BCUT2D eigenvalue weighted by Crippen LogP contribution is -2.12. The van der Waals surface area contributed by atoms with E-state index in [1.54, 1.807) is 25.1 Å². The Kier molecular flexibility index (Phi) is 6.51. The summed E-state index contributed by atoms with van der Waals surface area (Å²) in [6, 6.07) is 14.8. The first-order valence-electron chi connectivity index (χ1n) is 7.82. The van der Waals surface area contributed by atoms with Gasteiger partial charge in [-0.15, -0.1) is 0 Å². The number of ketones is 1.